The van der Waals surface area contributed by atoms with Crippen LogP contribution in [0.5, 0.6) is 0 Å². The summed E-state index contributed by atoms with van der Waals surface area (Å²) in [6, 6.07) is 0. The van der Waals surface area contributed by atoms with Crippen molar-refractivity contribution >= 4 is 24.0 Å². The maximum absolute atomic E-state index is 2.70. The molecule has 0 aliphatic carbocycles. The van der Waals surface area contributed by atoms with Crippen LogP contribution in [0.4, 0.5) is 0 Å². The Morgan fingerprint density at radius 1 is 0.353 bits per heavy atom. The summed E-state index contributed by atoms with van der Waals surface area (Å²) in [6.07, 6.45) is 0. The zero-order chi connectivity index (χ0) is 14.5. The third-order valence-electron chi connectivity index (χ3n) is 3.00. The van der Waals surface area contributed by atoms with Gasteiger partial charge in [0.1, 0.15) is 0 Å². The van der Waals surface area contributed by atoms with Crippen molar-refractivity contribution < 1.29 is 10.9 Å². The van der Waals surface area contributed by atoms with E-state index in [9.17, 15) is 0 Å². The van der Waals surface area contributed by atoms with Crippen LogP contribution in [-0.2, 0) is 10.9 Å². The monoisotopic (exact) mass is 367 g/mol. The summed E-state index contributed by atoms with van der Waals surface area (Å²) < 4.78 is 0. The molecule has 0 heterocycles. The van der Waals surface area contributed by atoms with Gasteiger partial charge in [0.05, 0.1) is 0 Å². The van der Waals surface area contributed by atoms with Crippen LogP contribution in [0, 0.1) is 0 Å². The van der Waals surface area contributed by atoms with E-state index >= 15 is 0 Å². The molecule has 117 valence electrons. The first-order chi connectivity index (χ1) is 7.00. The molecule has 0 aromatic carbocycles. The van der Waals surface area contributed by atoms with Gasteiger partial charge in [-0.1, -0.05) is 0 Å². The Bertz CT molecular complexity index is 211. The Morgan fingerprint density at radius 3 is 0.471 bits per heavy atom. The van der Waals surface area contributed by atoms with Crippen LogP contribution in [-0.4, -0.2) is 80.0 Å². The molecule has 0 aliphatic heterocycles. The van der Waals surface area contributed by atoms with E-state index in [4.69, 9.17) is 0 Å². The molecule has 0 aliphatic rings. The minimum atomic E-state index is -1.05. The quantitative estimate of drug-likeness (QED) is 0.648. The molecule has 0 radical (unpaired) electrons. The van der Waals surface area contributed by atoms with Crippen molar-refractivity contribution in [2.75, 3.05) is 80.0 Å². The van der Waals surface area contributed by atoms with E-state index in [-0.39, 0.29) is 0 Å². The Labute approximate surface area is 114 Å². The van der Waals surface area contributed by atoms with Crippen molar-refractivity contribution in [2.45, 2.75) is 0 Å². The Hall–Kier alpha value is 2.23. The molecule has 0 atom stereocenters. The van der Waals surface area contributed by atoms with Gasteiger partial charge >= 0.3 is 115 Å². The summed E-state index contributed by atoms with van der Waals surface area (Å²) in [5.74, 6) is -4.19. The first-order valence-corrected chi connectivity index (χ1v) is 26.2. The zero-order valence-electron chi connectivity index (χ0n) is 14.3. The van der Waals surface area contributed by atoms with Crippen molar-refractivity contribution in [3.05, 3.63) is 0 Å². The van der Waals surface area contributed by atoms with Gasteiger partial charge in [-0.2, -0.15) is 0 Å². The summed E-state index contributed by atoms with van der Waals surface area (Å²) in [5.41, 5.74) is 0. The number of hydrogen-bond acceptors (Lipinski definition) is 0. The van der Waals surface area contributed by atoms with Crippen LogP contribution in [0.2, 0.25) is 0 Å². The van der Waals surface area contributed by atoms with Crippen molar-refractivity contribution in [3.63, 3.8) is 0 Å². The molecule has 0 spiro atoms. The predicted molar refractivity (Wildman–Crippen MR) is 104 cm³/mol. The molecule has 5 heteroatoms. The third kappa shape index (κ3) is 3.28. The molecule has 0 aromatic heterocycles. The number of hydrogen-bond donors (Lipinski definition) is 0. The van der Waals surface area contributed by atoms with Gasteiger partial charge in [0.2, 0.25) is 0 Å². The Morgan fingerprint density at radius 2 is 0.471 bits per heavy atom. The predicted octanol–water partition coefficient (Wildman–Crippen LogP) is 4.36. The van der Waals surface area contributed by atoms with Gasteiger partial charge in [-0.05, 0) is 0 Å². The average Bonchev–Trinajstić information content (AvgIpc) is 1.67. The van der Waals surface area contributed by atoms with Crippen molar-refractivity contribution in [1.82, 2.24) is 0 Å². The standard InChI is InChI=1S/4C3H9P.Co/c4*1-4(2)3;/h4*1-3H3;/q;;;;-4/p+4. The second-order valence-electron chi connectivity index (χ2n) is 8.50. The van der Waals surface area contributed by atoms with Crippen LogP contribution < -0.4 is 0 Å². The molecule has 0 aromatic rings. The van der Waals surface area contributed by atoms with Gasteiger partial charge in [0.15, 0.2) is 0 Å². The Balaban J connectivity index is 6.37. The fraction of sp³-hybridized carbons (Fsp3) is 1.00. The van der Waals surface area contributed by atoms with Gasteiger partial charge in [-0.15, -0.1) is 0 Å². The molecule has 0 unspecified atom stereocenters. The van der Waals surface area contributed by atoms with Gasteiger partial charge in [0, 0.05) is 0 Å². The summed E-state index contributed by atoms with van der Waals surface area (Å²) in [7, 11) is -0.653. The third-order valence-corrected chi connectivity index (χ3v) is 111. The van der Waals surface area contributed by atoms with Crippen LogP contribution in [0.1, 0.15) is 0 Å². The molecule has 0 amide bonds. The van der Waals surface area contributed by atoms with Gasteiger partial charge in [0.25, 0.3) is 0 Å². The van der Waals surface area contributed by atoms with E-state index in [0.717, 1.165) is 0 Å². The van der Waals surface area contributed by atoms with Crippen molar-refractivity contribution in [2.24, 2.45) is 0 Å². The summed E-state index contributed by atoms with van der Waals surface area (Å²) in [6.45, 7) is 32.4. The van der Waals surface area contributed by atoms with Gasteiger partial charge in [-0.25, -0.2) is 0 Å². The molecule has 0 bridgehead atoms. The van der Waals surface area contributed by atoms with E-state index in [0.29, 0.717) is 0 Å². The molecular weight excluding hydrogens is 327 g/mol. The SMILES string of the molecule is C[PH](C)(C)[Co]([PH](C)(C)C)([PH](C)(C)C)[PH](C)(C)C. The second kappa shape index (κ2) is 5.21. The molecule has 17 heavy (non-hydrogen) atoms. The molecular formula is C12H40CoP4. The van der Waals surface area contributed by atoms with Crippen LogP contribution >= 0.6 is 24.0 Å². The second-order valence-corrected chi connectivity index (χ2v) is 61.3. The minimum absolute atomic E-state index is 0.653. The van der Waals surface area contributed by atoms with E-state index < -0.39 is 34.8 Å². The fourth-order valence-electron chi connectivity index (χ4n) is 4.50. The average molecular weight is 367 g/mol. The summed E-state index contributed by atoms with van der Waals surface area (Å²) in [5, 5.41) is 0. The normalized spacial score (nSPS) is 24.7. The van der Waals surface area contributed by atoms with Gasteiger partial charge < -0.3 is 0 Å². The van der Waals surface area contributed by atoms with E-state index in [2.05, 4.69) is 80.0 Å². The van der Waals surface area contributed by atoms with E-state index in [1.165, 1.54) is 0 Å². The molecule has 0 nitrogen and oxygen atoms in total. The summed E-state index contributed by atoms with van der Waals surface area (Å²) in [4.78, 5) is 0. The molecule has 0 saturated carbocycles. The van der Waals surface area contributed by atoms with E-state index in [1.54, 1.807) is 0 Å². The van der Waals surface area contributed by atoms with Crippen molar-refractivity contribution in [3.8, 4) is 0 Å². The zero-order valence-corrected chi connectivity index (χ0v) is 19.4. The first kappa shape index (κ1) is 19.2. The topological polar surface area (TPSA) is 0 Å². The Kier molecular flexibility index (Phi) is 5.89. The molecule has 0 fully saturated rings. The van der Waals surface area contributed by atoms with E-state index in [1.807, 2.05) is 0 Å². The van der Waals surface area contributed by atoms with Gasteiger partial charge in [-0.3, -0.25) is 0 Å². The molecule has 0 N–H and O–H groups in total. The molecule has 0 saturated heterocycles. The van der Waals surface area contributed by atoms with Crippen LogP contribution in [0.25, 0.3) is 0 Å². The molecule has 0 rings (SSSR count). The van der Waals surface area contributed by atoms with Crippen molar-refractivity contribution in [1.29, 1.82) is 0 Å². The first-order valence-electron chi connectivity index (χ1n) is 6.67. The maximum atomic E-state index is 2.70. The summed E-state index contributed by atoms with van der Waals surface area (Å²) >= 11 is 0. The number of rotatable bonds is 4. The van der Waals surface area contributed by atoms with Crippen LogP contribution in [0.3, 0.4) is 0 Å². The fourth-order valence-corrected chi connectivity index (χ4v) is 167. The van der Waals surface area contributed by atoms with Crippen LogP contribution in [0.15, 0.2) is 0 Å².